The molecule has 1 saturated heterocycles. The zero-order valence-corrected chi connectivity index (χ0v) is 12.2. The Morgan fingerprint density at radius 3 is 2.80 bits per heavy atom. The van der Waals surface area contributed by atoms with Gasteiger partial charge >= 0.3 is 0 Å². The van der Waals surface area contributed by atoms with Crippen molar-refractivity contribution in [3.05, 3.63) is 42.0 Å². The van der Waals surface area contributed by atoms with Crippen molar-refractivity contribution in [1.29, 1.82) is 0 Å². The third-order valence-electron chi connectivity index (χ3n) is 4.01. The van der Waals surface area contributed by atoms with Crippen molar-refractivity contribution in [3.8, 4) is 0 Å². The third-order valence-corrected chi connectivity index (χ3v) is 4.01. The van der Waals surface area contributed by atoms with E-state index in [1.54, 1.807) is 0 Å². The fourth-order valence-corrected chi connectivity index (χ4v) is 2.85. The van der Waals surface area contributed by atoms with Crippen LogP contribution in [0.2, 0.25) is 0 Å². The second kappa shape index (κ2) is 8.93. The Bertz CT molecular complexity index is 384. The lowest BCUT2D eigenvalue weighted by molar-refractivity contribution is 0.0244. The molecule has 2 heteroatoms. The summed E-state index contributed by atoms with van der Waals surface area (Å²) in [5, 5.41) is 9.06. The molecule has 1 aliphatic rings. The summed E-state index contributed by atoms with van der Waals surface area (Å²) in [5.74, 6) is 0.544. The van der Waals surface area contributed by atoms with Gasteiger partial charge in [0.1, 0.15) is 0 Å². The molecule has 0 amide bonds. The highest BCUT2D eigenvalue weighted by Gasteiger charge is 2.20. The molecular formula is C18H26O2. The molecule has 2 nitrogen and oxygen atoms in total. The van der Waals surface area contributed by atoms with E-state index in [1.807, 2.05) is 6.07 Å². The van der Waals surface area contributed by atoms with E-state index in [0.717, 1.165) is 19.4 Å². The Morgan fingerprint density at radius 2 is 2.00 bits per heavy atom. The van der Waals surface area contributed by atoms with Crippen molar-refractivity contribution < 1.29 is 9.84 Å². The quantitative estimate of drug-likeness (QED) is 0.877. The monoisotopic (exact) mass is 274 g/mol. The number of rotatable bonds is 5. The Labute approximate surface area is 122 Å². The number of aliphatic hydroxyl groups is 1. The lowest BCUT2D eigenvalue weighted by Crippen LogP contribution is -2.24. The molecule has 1 heterocycles. The first-order chi connectivity index (χ1) is 9.90. The lowest BCUT2D eigenvalue weighted by atomic mass is 9.89. The predicted molar refractivity (Wildman–Crippen MR) is 83.5 cm³/mol. The lowest BCUT2D eigenvalue weighted by Gasteiger charge is -2.27. The van der Waals surface area contributed by atoms with E-state index in [2.05, 4.69) is 36.4 Å². The summed E-state index contributed by atoms with van der Waals surface area (Å²) < 4.78 is 6.05. The molecule has 1 N–H and O–H groups in total. The minimum Gasteiger partial charge on any atom is -0.396 e. The smallest absolute Gasteiger partial charge is 0.0787 e. The minimum absolute atomic E-state index is 0.196. The van der Waals surface area contributed by atoms with Gasteiger partial charge in [0.25, 0.3) is 0 Å². The fraction of sp³-hybridized carbons (Fsp3) is 0.556. The van der Waals surface area contributed by atoms with E-state index in [9.17, 15) is 0 Å². The van der Waals surface area contributed by atoms with Crippen LogP contribution in [-0.2, 0) is 4.74 Å². The second-order valence-corrected chi connectivity index (χ2v) is 5.58. The summed E-state index contributed by atoms with van der Waals surface area (Å²) in [6.07, 6.45) is 11.4. The molecule has 110 valence electrons. The molecule has 1 aromatic carbocycles. The summed E-state index contributed by atoms with van der Waals surface area (Å²) in [5.41, 5.74) is 1.22. The highest BCUT2D eigenvalue weighted by Crippen LogP contribution is 2.26. The average molecular weight is 274 g/mol. The number of benzene rings is 1. The van der Waals surface area contributed by atoms with Crippen LogP contribution in [0.4, 0.5) is 0 Å². The minimum atomic E-state index is 0.196. The third kappa shape index (κ3) is 5.10. The average Bonchev–Trinajstić information content (AvgIpc) is 2.47. The van der Waals surface area contributed by atoms with Crippen molar-refractivity contribution in [2.45, 2.75) is 44.6 Å². The molecule has 2 atom stereocenters. The van der Waals surface area contributed by atoms with Crippen LogP contribution in [-0.4, -0.2) is 24.4 Å². The fourth-order valence-electron chi connectivity index (χ4n) is 2.85. The van der Waals surface area contributed by atoms with Crippen LogP contribution in [0.3, 0.4) is 0 Å². The summed E-state index contributed by atoms with van der Waals surface area (Å²) in [4.78, 5) is 0. The van der Waals surface area contributed by atoms with Crippen molar-refractivity contribution >= 4 is 6.08 Å². The largest absolute Gasteiger partial charge is 0.396 e. The number of hydrogen-bond acceptors (Lipinski definition) is 2. The van der Waals surface area contributed by atoms with E-state index < -0.39 is 0 Å². The highest BCUT2D eigenvalue weighted by atomic mass is 16.5. The second-order valence-electron chi connectivity index (χ2n) is 5.58. The maximum Gasteiger partial charge on any atom is 0.0787 e. The number of ether oxygens (including phenoxy) is 1. The molecule has 0 bridgehead atoms. The topological polar surface area (TPSA) is 29.5 Å². The molecule has 1 aromatic rings. The van der Waals surface area contributed by atoms with Gasteiger partial charge in [0, 0.05) is 13.2 Å². The number of hydrogen-bond donors (Lipinski definition) is 1. The van der Waals surface area contributed by atoms with Gasteiger partial charge in [0.15, 0.2) is 0 Å². The van der Waals surface area contributed by atoms with Crippen LogP contribution in [0, 0.1) is 5.92 Å². The van der Waals surface area contributed by atoms with E-state index in [0.29, 0.717) is 5.92 Å². The van der Waals surface area contributed by atoms with E-state index in [4.69, 9.17) is 9.84 Å². The Balaban J connectivity index is 2.00. The van der Waals surface area contributed by atoms with Gasteiger partial charge in [-0.1, -0.05) is 55.3 Å². The Kier molecular flexibility index (Phi) is 6.82. The van der Waals surface area contributed by atoms with E-state index in [-0.39, 0.29) is 12.7 Å². The van der Waals surface area contributed by atoms with Crippen LogP contribution in [0.15, 0.2) is 36.4 Å². The van der Waals surface area contributed by atoms with Gasteiger partial charge in [-0.25, -0.2) is 0 Å². The van der Waals surface area contributed by atoms with Gasteiger partial charge in [-0.15, -0.1) is 0 Å². The SMILES string of the molecule is OCCCC1CCCCCOC1C=Cc1ccccc1. The van der Waals surface area contributed by atoms with Crippen LogP contribution in [0.25, 0.3) is 6.08 Å². The zero-order valence-electron chi connectivity index (χ0n) is 12.2. The standard InChI is InChI=1S/C18H26O2/c19-14-7-11-17-10-5-2-6-15-20-18(17)13-12-16-8-3-1-4-9-16/h1,3-4,8-9,12-13,17-19H,2,5-7,10-11,14-15H2. The maximum atomic E-state index is 9.06. The molecule has 1 fully saturated rings. The van der Waals surface area contributed by atoms with Crippen molar-refractivity contribution in [2.24, 2.45) is 5.92 Å². The van der Waals surface area contributed by atoms with Crippen molar-refractivity contribution in [3.63, 3.8) is 0 Å². The predicted octanol–water partition coefficient (Wildman–Crippen LogP) is 4.05. The van der Waals surface area contributed by atoms with Gasteiger partial charge in [-0.05, 0) is 37.2 Å². The Morgan fingerprint density at radius 1 is 1.15 bits per heavy atom. The molecular weight excluding hydrogens is 248 g/mol. The van der Waals surface area contributed by atoms with E-state index >= 15 is 0 Å². The molecule has 0 aliphatic carbocycles. The summed E-state index contributed by atoms with van der Waals surface area (Å²) in [6, 6.07) is 10.4. The number of aliphatic hydroxyl groups excluding tert-OH is 1. The van der Waals surface area contributed by atoms with Crippen molar-refractivity contribution in [2.75, 3.05) is 13.2 Å². The summed E-state index contributed by atoms with van der Waals surface area (Å²) >= 11 is 0. The normalized spacial score (nSPS) is 24.4. The van der Waals surface area contributed by atoms with E-state index in [1.165, 1.54) is 31.2 Å². The highest BCUT2D eigenvalue weighted by molar-refractivity contribution is 5.49. The van der Waals surface area contributed by atoms with Gasteiger partial charge in [0.05, 0.1) is 6.10 Å². The van der Waals surface area contributed by atoms with Crippen LogP contribution in [0.5, 0.6) is 0 Å². The molecule has 0 radical (unpaired) electrons. The molecule has 20 heavy (non-hydrogen) atoms. The first-order valence-electron chi connectivity index (χ1n) is 7.86. The first-order valence-corrected chi connectivity index (χ1v) is 7.86. The molecule has 0 spiro atoms. The molecule has 0 aromatic heterocycles. The van der Waals surface area contributed by atoms with Crippen LogP contribution >= 0.6 is 0 Å². The summed E-state index contributed by atoms with van der Waals surface area (Å²) in [6.45, 7) is 1.14. The van der Waals surface area contributed by atoms with Gasteiger partial charge < -0.3 is 9.84 Å². The first kappa shape index (κ1) is 15.3. The summed E-state index contributed by atoms with van der Waals surface area (Å²) in [7, 11) is 0. The van der Waals surface area contributed by atoms with Crippen molar-refractivity contribution in [1.82, 2.24) is 0 Å². The Hall–Kier alpha value is -1.12. The van der Waals surface area contributed by atoms with Crippen LogP contribution < -0.4 is 0 Å². The maximum absolute atomic E-state index is 9.06. The molecule has 2 rings (SSSR count). The van der Waals surface area contributed by atoms with Gasteiger partial charge in [-0.3, -0.25) is 0 Å². The van der Waals surface area contributed by atoms with Crippen LogP contribution in [0.1, 0.15) is 44.1 Å². The van der Waals surface area contributed by atoms with Gasteiger partial charge in [-0.2, -0.15) is 0 Å². The zero-order chi connectivity index (χ0) is 14.0. The molecule has 1 aliphatic heterocycles. The van der Waals surface area contributed by atoms with Gasteiger partial charge in [0.2, 0.25) is 0 Å². The molecule has 0 saturated carbocycles. The molecule has 2 unspecified atom stereocenters.